The molecule has 0 saturated heterocycles. The van der Waals surface area contributed by atoms with Crippen LogP contribution in [0.25, 0.3) is 0 Å². The second kappa shape index (κ2) is 2.25. The fraction of sp³-hybridized carbons (Fsp3) is 0.429. The first-order valence-corrected chi connectivity index (χ1v) is 3.63. The van der Waals surface area contributed by atoms with E-state index in [1.54, 1.807) is 6.08 Å². The molecule has 9 heavy (non-hydrogen) atoms. The van der Waals surface area contributed by atoms with Crippen molar-refractivity contribution in [1.29, 1.82) is 0 Å². The Hall–Kier alpha value is -0.110. The van der Waals surface area contributed by atoms with Gasteiger partial charge < -0.3 is 0 Å². The molecule has 1 unspecified atom stereocenters. The number of rotatable bonds is 0. The molecule has 2 heteroatoms. The fourth-order valence-electron chi connectivity index (χ4n) is 0.687. The smallest absolute Gasteiger partial charge is 0.119 e. The van der Waals surface area contributed by atoms with Crippen LogP contribution < -0.4 is 0 Å². The molecule has 0 saturated carbocycles. The summed E-state index contributed by atoms with van der Waals surface area (Å²) in [4.78, 5) is 0. The van der Waals surface area contributed by atoms with Crippen LogP contribution in [-0.4, -0.2) is 4.32 Å². The normalized spacial score (nSPS) is 34.3. The van der Waals surface area contributed by atoms with Crippen LogP contribution in [0.1, 0.15) is 13.3 Å². The van der Waals surface area contributed by atoms with Crippen molar-refractivity contribution in [2.75, 3.05) is 0 Å². The molecule has 0 aromatic heterocycles. The van der Waals surface area contributed by atoms with E-state index in [4.69, 9.17) is 0 Å². The Balaban J connectivity index is 2.70. The summed E-state index contributed by atoms with van der Waals surface area (Å²) in [7, 11) is 0. The van der Waals surface area contributed by atoms with Crippen molar-refractivity contribution in [3.8, 4) is 0 Å². The van der Waals surface area contributed by atoms with Crippen LogP contribution in [0.4, 0.5) is 4.39 Å². The minimum atomic E-state index is -0.132. The van der Waals surface area contributed by atoms with Gasteiger partial charge >= 0.3 is 0 Å². The minimum Gasteiger partial charge on any atom is -0.207 e. The fourth-order valence-corrected chi connectivity index (χ4v) is 0.981. The maximum Gasteiger partial charge on any atom is 0.119 e. The molecule has 0 aromatic rings. The lowest BCUT2D eigenvalue weighted by atomic mass is 10.0. The zero-order valence-electron chi connectivity index (χ0n) is 5.20. The zero-order valence-corrected chi connectivity index (χ0v) is 6.78. The highest BCUT2D eigenvalue weighted by Crippen LogP contribution is 2.28. The summed E-state index contributed by atoms with van der Waals surface area (Å²) in [5, 5.41) is 0. The summed E-state index contributed by atoms with van der Waals surface area (Å²) in [6.45, 7) is 2.01. The maximum absolute atomic E-state index is 12.3. The van der Waals surface area contributed by atoms with E-state index in [0.717, 1.165) is 6.42 Å². The Morgan fingerprint density at radius 2 is 2.44 bits per heavy atom. The van der Waals surface area contributed by atoms with E-state index < -0.39 is 0 Å². The first-order chi connectivity index (χ1) is 4.10. The van der Waals surface area contributed by atoms with Gasteiger partial charge in [0.25, 0.3) is 0 Å². The second-order valence-electron chi connectivity index (χ2n) is 2.40. The SMILES string of the molecule is CC1(Br)C=CC(F)=CC1. The minimum absolute atomic E-state index is 0.0252. The van der Waals surface area contributed by atoms with Crippen LogP contribution in [0, 0.1) is 0 Å². The van der Waals surface area contributed by atoms with E-state index in [1.165, 1.54) is 6.08 Å². The number of alkyl halides is 1. The van der Waals surface area contributed by atoms with Gasteiger partial charge in [-0.15, -0.1) is 0 Å². The number of allylic oxidation sites excluding steroid dienone is 4. The molecule has 0 heterocycles. The average Bonchev–Trinajstić information content (AvgIpc) is 1.78. The van der Waals surface area contributed by atoms with E-state index in [2.05, 4.69) is 15.9 Å². The van der Waals surface area contributed by atoms with Crippen molar-refractivity contribution in [2.24, 2.45) is 0 Å². The summed E-state index contributed by atoms with van der Waals surface area (Å²) in [5.74, 6) is -0.132. The summed E-state index contributed by atoms with van der Waals surface area (Å²) in [6, 6.07) is 0. The number of hydrogen-bond acceptors (Lipinski definition) is 0. The molecule has 0 fully saturated rings. The lowest BCUT2D eigenvalue weighted by Gasteiger charge is -2.17. The molecular formula is C7H8BrF. The van der Waals surface area contributed by atoms with E-state index in [1.807, 2.05) is 13.0 Å². The van der Waals surface area contributed by atoms with Crippen LogP contribution >= 0.6 is 15.9 Å². The quantitative estimate of drug-likeness (QED) is 0.516. The first-order valence-electron chi connectivity index (χ1n) is 2.84. The van der Waals surface area contributed by atoms with Crippen LogP contribution in [0.5, 0.6) is 0 Å². The Kier molecular flexibility index (Phi) is 1.75. The predicted molar refractivity (Wildman–Crippen MR) is 40.3 cm³/mol. The van der Waals surface area contributed by atoms with Gasteiger partial charge in [-0.05, 0) is 25.5 Å². The van der Waals surface area contributed by atoms with E-state index in [0.29, 0.717) is 0 Å². The number of hydrogen-bond donors (Lipinski definition) is 0. The highest BCUT2D eigenvalue weighted by molar-refractivity contribution is 9.10. The highest BCUT2D eigenvalue weighted by atomic mass is 79.9. The van der Waals surface area contributed by atoms with Gasteiger partial charge in [0.2, 0.25) is 0 Å². The van der Waals surface area contributed by atoms with Crippen LogP contribution in [0.2, 0.25) is 0 Å². The van der Waals surface area contributed by atoms with E-state index in [-0.39, 0.29) is 10.2 Å². The second-order valence-corrected chi connectivity index (χ2v) is 4.22. The monoisotopic (exact) mass is 190 g/mol. The van der Waals surface area contributed by atoms with Gasteiger partial charge in [0.1, 0.15) is 5.83 Å². The van der Waals surface area contributed by atoms with Crippen molar-refractivity contribution in [2.45, 2.75) is 17.7 Å². The van der Waals surface area contributed by atoms with Crippen molar-refractivity contribution in [3.05, 3.63) is 24.1 Å². The standard InChI is InChI=1S/C7H8BrF/c1-7(8)4-2-6(9)3-5-7/h2-4H,5H2,1H3. The van der Waals surface area contributed by atoms with E-state index >= 15 is 0 Å². The van der Waals surface area contributed by atoms with Gasteiger partial charge in [0.05, 0.1) is 0 Å². The molecule has 50 valence electrons. The summed E-state index contributed by atoms with van der Waals surface area (Å²) in [5.41, 5.74) is 0. The lowest BCUT2D eigenvalue weighted by Crippen LogP contribution is -2.11. The molecule has 0 bridgehead atoms. The molecule has 0 nitrogen and oxygen atoms in total. The maximum atomic E-state index is 12.3. The molecule has 0 aromatic carbocycles. The topological polar surface area (TPSA) is 0 Å². The average molecular weight is 191 g/mol. The third kappa shape index (κ3) is 1.94. The first kappa shape index (κ1) is 7.00. The Bertz CT molecular complexity index is 168. The molecular weight excluding hydrogens is 183 g/mol. The zero-order chi connectivity index (χ0) is 6.91. The van der Waals surface area contributed by atoms with Crippen LogP contribution in [-0.2, 0) is 0 Å². The molecule has 0 aliphatic heterocycles. The largest absolute Gasteiger partial charge is 0.207 e. The third-order valence-corrected chi connectivity index (χ3v) is 1.87. The van der Waals surface area contributed by atoms with Gasteiger partial charge in [0.15, 0.2) is 0 Å². The third-order valence-electron chi connectivity index (χ3n) is 1.29. The van der Waals surface area contributed by atoms with Gasteiger partial charge in [-0.2, -0.15) is 0 Å². The summed E-state index contributed by atoms with van der Waals surface area (Å²) >= 11 is 3.42. The predicted octanol–water partition coefficient (Wildman–Crippen LogP) is 2.95. The van der Waals surface area contributed by atoms with Gasteiger partial charge in [-0.25, -0.2) is 4.39 Å². The lowest BCUT2D eigenvalue weighted by molar-refractivity contribution is 0.639. The Morgan fingerprint density at radius 3 is 2.78 bits per heavy atom. The van der Waals surface area contributed by atoms with Crippen molar-refractivity contribution in [3.63, 3.8) is 0 Å². The van der Waals surface area contributed by atoms with Crippen LogP contribution in [0.3, 0.4) is 0 Å². The Morgan fingerprint density at radius 1 is 1.78 bits per heavy atom. The number of halogens is 2. The molecule has 1 rings (SSSR count). The molecule has 0 N–H and O–H groups in total. The van der Waals surface area contributed by atoms with Crippen molar-refractivity contribution < 1.29 is 4.39 Å². The molecule has 1 atom stereocenters. The van der Waals surface area contributed by atoms with Gasteiger partial charge in [-0.1, -0.05) is 22.0 Å². The van der Waals surface area contributed by atoms with E-state index in [9.17, 15) is 4.39 Å². The Labute approximate surface area is 62.6 Å². The van der Waals surface area contributed by atoms with Crippen LogP contribution in [0.15, 0.2) is 24.1 Å². The molecule has 0 amide bonds. The summed E-state index contributed by atoms with van der Waals surface area (Å²) in [6.07, 6.45) is 5.62. The molecule has 0 spiro atoms. The van der Waals surface area contributed by atoms with Gasteiger partial charge in [0, 0.05) is 4.32 Å². The van der Waals surface area contributed by atoms with Crippen molar-refractivity contribution >= 4 is 15.9 Å². The highest BCUT2D eigenvalue weighted by Gasteiger charge is 2.17. The van der Waals surface area contributed by atoms with Gasteiger partial charge in [-0.3, -0.25) is 0 Å². The molecule has 1 aliphatic rings. The van der Waals surface area contributed by atoms with Crippen molar-refractivity contribution in [1.82, 2.24) is 0 Å². The molecule has 0 radical (unpaired) electrons. The summed E-state index contributed by atoms with van der Waals surface area (Å²) < 4.78 is 12.3. The molecule has 1 aliphatic carbocycles.